The first-order valence-corrected chi connectivity index (χ1v) is 8.54. The number of aromatic nitrogens is 1. The average Bonchev–Trinajstić information content (AvgIpc) is 2.97. The molecular weight excluding hydrogens is 365 g/mol. The number of benzene rings is 1. The molecule has 4 nitrogen and oxygen atoms in total. The quantitative estimate of drug-likeness (QED) is 0.876. The first-order valence-electron chi connectivity index (χ1n) is 7.66. The van der Waals surface area contributed by atoms with Crippen molar-refractivity contribution in [2.45, 2.75) is 32.2 Å². The Hall–Kier alpha value is -1.14. The second kappa shape index (κ2) is 9.37. The average molecular weight is 388 g/mol. The summed E-state index contributed by atoms with van der Waals surface area (Å²) >= 11 is 1.60. The summed E-state index contributed by atoms with van der Waals surface area (Å²) < 4.78 is 0. The van der Waals surface area contributed by atoms with Crippen LogP contribution in [0.2, 0.25) is 0 Å². The molecule has 0 spiro atoms. The van der Waals surface area contributed by atoms with Gasteiger partial charge in [0.05, 0.1) is 12.1 Å². The van der Waals surface area contributed by atoms with E-state index in [0.717, 1.165) is 42.2 Å². The number of piperidine rings is 1. The second-order valence-electron chi connectivity index (χ2n) is 5.91. The van der Waals surface area contributed by atoms with Crippen molar-refractivity contribution in [1.82, 2.24) is 9.88 Å². The van der Waals surface area contributed by atoms with Crippen molar-refractivity contribution in [2.75, 3.05) is 13.1 Å². The first-order chi connectivity index (χ1) is 10.6. The largest absolute Gasteiger partial charge is 0.342 e. The van der Waals surface area contributed by atoms with E-state index >= 15 is 0 Å². The Morgan fingerprint density at radius 3 is 2.50 bits per heavy atom. The number of carbonyl (C=O) groups is 1. The zero-order valence-corrected chi connectivity index (χ0v) is 16.1. The maximum Gasteiger partial charge on any atom is 0.228 e. The molecule has 0 aliphatic carbocycles. The van der Waals surface area contributed by atoms with Crippen LogP contribution in [0.15, 0.2) is 29.6 Å². The minimum Gasteiger partial charge on any atom is -0.342 e. The summed E-state index contributed by atoms with van der Waals surface area (Å²) in [6.45, 7) is 3.62. The predicted octanol–water partition coefficient (Wildman–Crippen LogP) is 3.45. The SMILES string of the molecule is Cc1ccc(-c2nc(CC(=O)N3CCC(N)CC3)cs2)cc1.Cl.Cl. The number of halogens is 2. The van der Waals surface area contributed by atoms with E-state index < -0.39 is 0 Å². The fraction of sp³-hybridized carbons (Fsp3) is 0.412. The smallest absolute Gasteiger partial charge is 0.228 e. The number of likely N-dealkylation sites (tertiary alicyclic amines) is 1. The molecule has 24 heavy (non-hydrogen) atoms. The van der Waals surface area contributed by atoms with E-state index in [9.17, 15) is 4.79 Å². The monoisotopic (exact) mass is 387 g/mol. The molecule has 1 fully saturated rings. The van der Waals surface area contributed by atoms with Gasteiger partial charge in [-0.05, 0) is 19.8 Å². The number of hydrogen-bond donors (Lipinski definition) is 1. The van der Waals surface area contributed by atoms with E-state index in [1.54, 1.807) is 11.3 Å². The van der Waals surface area contributed by atoms with Crippen molar-refractivity contribution in [2.24, 2.45) is 5.73 Å². The van der Waals surface area contributed by atoms with E-state index in [1.807, 2.05) is 10.3 Å². The van der Waals surface area contributed by atoms with Crippen molar-refractivity contribution < 1.29 is 4.79 Å². The molecule has 0 saturated carbocycles. The van der Waals surface area contributed by atoms with E-state index in [2.05, 4.69) is 36.2 Å². The van der Waals surface area contributed by atoms with Crippen molar-refractivity contribution in [3.05, 3.63) is 40.9 Å². The maximum absolute atomic E-state index is 12.3. The van der Waals surface area contributed by atoms with Gasteiger partial charge in [-0.25, -0.2) is 4.98 Å². The molecule has 132 valence electrons. The van der Waals surface area contributed by atoms with E-state index in [0.29, 0.717) is 6.42 Å². The molecule has 2 aromatic rings. The molecule has 7 heteroatoms. The number of thiazole rings is 1. The number of nitrogens with zero attached hydrogens (tertiary/aromatic N) is 2. The zero-order valence-electron chi connectivity index (χ0n) is 13.6. The van der Waals surface area contributed by atoms with Crippen molar-refractivity contribution in [3.63, 3.8) is 0 Å². The predicted molar refractivity (Wildman–Crippen MR) is 104 cm³/mol. The number of aryl methyl sites for hydroxylation is 1. The molecule has 2 heterocycles. The van der Waals surface area contributed by atoms with Crippen LogP contribution in [0.3, 0.4) is 0 Å². The molecule has 2 N–H and O–H groups in total. The highest BCUT2D eigenvalue weighted by molar-refractivity contribution is 7.13. The molecule has 1 aliphatic heterocycles. The van der Waals surface area contributed by atoms with Crippen LogP contribution in [0.1, 0.15) is 24.1 Å². The lowest BCUT2D eigenvalue weighted by Gasteiger charge is -2.30. The fourth-order valence-corrected chi connectivity index (χ4v) is 3.46. The third kappa shape index (κ3) is 5.18. The van der Waals surface area contributed by atoms with Crippen LogP contribution in [-0.2, 0) is 11.2 Å². The highest BCUT2D eigenvalue weighted by Crippen LogP contribution is 2.24. The minimum atomic E-state index is 0. The standard InChI is InChI=1S/C17H21N3OS.2ClH/c1-12-2-4-13(5-3-12)17-19-15(11-22-17)10-16(21)20-8-6-14(18)7-9-20;;/h2-5,11,14H,6-10,18H2,1H3;2*1H. The second-order valence-corrected chi connectivity index (χ2v) is 6.76. The van der Waals surface area contributed by atoms with Crippen molar-refractivity contribution >= 4 is 42.1 Å². The molecule has 1 amide bonds. The molecule has 1 aliphatic rings. The third-order valence-electron chi connectivity index (χ3n) is 4.07. The van der Waals surface area contributed by atoms with Gasteiger partial charge in [0.1, 0.15) is 5.01 Å². The van der Waals surface area contributed by atoms with Gasteiger partial charge in [-0.1, -0.05) is 29.8 Å². The molecular formula is C17H23Cl2N3OS. The lowest BCUT2D eigenvalue weighted by Crippen LogP contribution is -2.43. The number of carbonyl (C=O) groups excluding carboxylic acids is 1. The fourth-order valence-electron chi connectivity index (χ4n) is 2.63. The summed E-state index contributed by atoms with van der Waals surface area (Å²) in [4.78, 5) is 18.8. The number of rotatable bonds is 3. The molecule has 1 aromatic carbocycles. The Labute approximate surface area is 159 Å². The van der Waals surface area contributed by atoms with Crippen LogP contribution in [0.4, 0.5) is 0 Å². The van der Waals surface area contributed by atoms with Gasteiger partial charge in [-0.3, -0.25) is 4.79 Å². The third-order valence-corrected chi connectivity index (χ3v) is 5.02. The highest BCUT2D eigenvalue weighted by Gasteiger charge is 2.21. The Morgan fingerprint density at radius 1 is 1.25 bits per heavy atom. The molecule has 0 atom stereocenters. The number of amides is 1. The van der Waals surface area contributed by atoms with Gasteiger partial charge in [-0.15, -0.1) is 36.2 Å². The van der Waals surface area contributed by atoms with Gasteiger partial charge in [0.15, 0.2) is 0 Å². The van der Waals surface area contributed by atoms with E-state index in [-0.39, 0.29) is 36.8 Å². The van der Waals surface area contributed by atoms with Crippen LogP contribution in [0, 0.1) is 6.92 Å². The first kappa shape index (κ1) is 20.9. The van der Waals surface area contributed by atoms with E-state index in [4.69, 9.17) is 5.73 Å². The normalized spacial score (nSPS) is 14.7. The summed E-state index contributed by atoms with van der Waals surface area (Å²) in [6.07, 6.45) is 2.19. The van der Waals surface area contributed by atoms with Crippen LogP contribution in [-0.4, -0.2) is 34.9 Å². The van der Waals surface area contributed by atoms with Gasteiger partial charge in [0.25, 0.3) is 0 Å². The molecule has 0 unspecified atom stereocenters. The van der Waals surface area contributed by atoms with Gasteiger partial charge < -0.3 is 10.6 Å². The zero-order chi connectivity index (χ0) is 15.5. The molecule has 1 aromatic heterocycles. The molecule has 3 rings (SSSR count). The summed E-state index contributed by atoms with van der Waals surface area (Å²) in [7, 11) is 0. The van der Waals surface area contributed by atoms with Gasteiger partial charge in [0, 0.05) is 30.1 Å². The highest BCUT2D eigenvalue weighted by atomic mass is 35.5. The minimum absolute atomic E-state index is 0. The lowest BCUT2D eigenvalue weighted by molar-refractivity contribution is -0.131. The maximum atomic E-state index is 12.3. The summed E-state index contributed by atoms with van der Waals surface area (Å²) in [6, 6.07) is 8.56. The van der Waals surface area contributed by atoms with Crippen LogP contribution in [0.5, 0.6) is 0 Å². The molecule has 1 saturated heterocycles. The topological polar surface area (TPSA) is 59.2 Å². The molecule has 0 radical (unpaired) electrons. The summed E-state index contributed by atoms with van der Waals surface area (Å²) in [5.74, 6) is 0.160. The van der Waals surface area contributed by atoms with Gasteiger partial charge in [-0.2, -0.15) is 0 Å². The Morgan fingerprint density at radius 2 is 1.88 bits per heavy atom. The lowest BCUT2D eigenvalue weighted by atomic mass is 10.1. The molecule has 0 bridgehead atoms. The van der Waals surface area contributed by atoms with Gasteiger partial charge >= 0.3 is 0 Å². The Balaban J connectivity index is 0.00000144. The van der Waals surface area contributed by atoms with Crippen LogP contribution in [0.25, 0.3) is 10.6 Å². The summed E-state index contributed by atoms with van der Waals surface area (Å²) in [5, 5.41) is 2.96. The Bertz CT molecular complexity index is 652. The Kier molecular flexibility index (Phi) is 8.16. The van der Waals surface area contributed by atoms with Gasteiger partial charge in [0.2, 0.25) is 5.91 Å². The van der Waals surface area contributed by atoms with Crippen LogP contribution >= 0.6 is 36.2 Å². The summed E-state index contributed by atoms with van der Waals surface area (Å²) in [5.41, 5.74) is 9.09. The van der Waals surface area contributed by atoms with E-state index in [1.165, 1.54) is 5.56 Å². The number of nitrogens with two attached hydrogens (primary N) is 1. The van der Waals surface area contributed by atoms with Crippen molar-refractivity contribution in [1.29, 1.82) is 0 Å². The van der Waals surface area contributed by atoms with Crippen molar-refractivity contribution in [3.8, 4) is 10.6 Å². The number of hydrogen-bond acceptors (Lipinski definition) is 4. The van der Waals surface area contributed by atoms with Crippen LogP contribution < -0.4 is 5.73 Å².